The summed E-state index contributed by atoms with van der Waals surface area (Å²) in [4.78, 5) is 13.7. The van der Waals surface area contributed by atoms with Gasteiger partial charge >= 0.3 is 5.97 Å². The summed E-state index contributed by atoms with van der Waals surface area (Å²) < 4.78 is 7.21. The quantitative estimate of drug-likeness (QED) is 0.321. The molecule has 6 heteroatoms. The molecule has 0 saturated carbocycles. The van der Waals surface area contributed by atoms with E-state index in [1.54, 1.807) is 23.0 Å². The molecule has 0 fully saturated rings. The van der Waals surface area contributed by atoms with Crippen molar-refractivity contribution in [2.75, 3.05) is 0 Å². The van der Waals surface area contributed by atoms with E-state index in [4.69, 9.17) is 10.00 Å². The van der Waals surface area contributed by atoms with Crippen LogP contribution in [0.5, 0.6) is 5.75 Å². The molecule has 5 nitrogen and oxygen atoms in total. The van der Waals surface area contributed by atoms with Crippen LogP contribution in [0, 0.1) is 11.3 Å². The number of thiophene rings is 1. The summed E-state index contributed by atoms with van der Waals surface area (Å²) in [5.41, 5.74) is 3.11. The molecule has 0 aliphatic carbocycles. The van der Waals surface area contributed by atoms with Gasteiger partial charge < -0.3 is 4.74 Å². The van der Waals surface area contributed by atoms with Crippen LogP contribution in [-0.2, 0) is 6.54 Å². The number of carbonyl (C=O) groups is 1. The number of ether oxygens (including phenoxy) is 1. The first kappa shape index (κ1) is 18.7. The third kappa shape index (κ3) is 4.26. The molecule has 0 amide bonds. The van der Waals surface area contributed by atoms with Gasteiger partial charge in [-0.15, -0.1) is 11.3 Å². The summed E-state index contributed by atoms with van der Waals surface area (Å²) in [6, 6.07) is 23.3. The highest BCUT2D eigenvalue weighted by molar-refractivity contribution is 7.13. The number of aryl methyl sites for hydroxylation is 1. The van der Waals surface area contributed by atoms with Crippen LogP contribution in [0.2, 0.25) is 0 Å². The van der Waals surface area contributed by atoms with Crippen LogP contribution in [-0.4, -0.2) is 15.7 Å². The molecule has 4 rings (SSSR count). The van der Waals surface area contributed by atoms with Gasteiger partial charge in [0, 0.05) is 6.20 Å². The molecule has 4 aromatic rings. The van der Waals surface area contributed by atoms with Gasteiger partial charge in [-0.25, -0.2) is 4.79 Å². The van der Waals surface area contributed by atoms with Crippen LogP contribution in [0.4, 0.5) is 0 Å². The Hall–Kier alpha value is -3.69. The second-order valence-electron chi connectivity index (χ2n) is 6.32. The van der Waals surface area contributed by atoms with E-state index in [-0.39, 0.29) is 0 Å². The van der Waals surface area contributed by atoms with Gasteiger partial charge in [0.05, 0.1) is 23.9 Å². The van der Waals surface area contributed by atoms with E-state index in [1.807, 2.05) is 60.0 Å². The Morgan fingerprint density at radius 3 is 2.48 bits per heavy atom. The van der Waals surface area contributed by atoms with E-state index in [9.17, 15) is 4.79 Å². The Morgan fingerprint density at radius 2 is 1.79 bits per heavy atom. The largest absolute Gasteiger partial charge is 0.423 e. The van der Waals surface area contributed by atoms with Gasteiger partial charge in [0.2, 0.25) is 0 Å². The number of nitrogens with zero attached hydrogens (tertiary/aromatic N) is 3. The second-order valence-corrected chi connectivity index (χ2v) is 7.27. The van der Waals surface area contributed by atoms with Gasteiger partial charge in [-0.1, -0.05) is 48.5 Å². The van der Waals surface area contributed by atoms with E-state index in [0.717, 1.165) is 16.0 Å². The lowest BCUT2D eigenvalue weighted by Gasteiger charge is -2.06. The third-order valence-electron chi connectivity index (χ3n) is 4.36. The van der Waals surface area contributed by atoms with Crippen molar-refractivity contribution in [1.82, 2.24) is 9.78 Å². The van der Waals surface area contributed by atoms with Crippen molar-refractivity contribution in [3.63, 3.8) is 0 Å². The van der Waals surface area contributed by atoms with Crippen molar-refractivity contribution in [3.8, 4) is 33.5 Å². The maximum absolute atomic E-state index is 12.8. The van der Waals surface area contributed by atoms with Crippen molar-refractivity contribution in [2.45, 2.75) is 13.0 Å². The summed E-state index contributed by atoms with van der Waals surface area (Å²) in [5, 5.41) is 15.2. The van der Waals surface area contributed by atoms with Crippen LogP contribution in [0.3, 0.4) is 0 Å². The average molecular weight is 399 g/mol. The summed E-state index contributed by atoms with van der Waals surface area (Å²) >= 11 is 1.50. The van der Waals surface area contributed by atoms with E-state index in [0.29, 0.717) is 30.0 Å². The molecule has 2 heterocycles. The number of carbonyl (C=O) groups excluding carboxylic acids is 1. The fourth-order valence-corrected chi connectivity index (χ4v) is 3.68. The van der Waals surface area contributed by atoms with Crippen LogP contribution in [0.15, 0.2) is 78.3 Å². The lowest BCUT2D eigenvalue weighted by atomic mass is 10.1. The number of hydrogen-bond donors (Lipinski definition) is 0. The highest BCUT2D eigenvalue weighted by atomic mass is 32.1. The zero-order valence-electron chi connectivity index (χ0n) is 15.5. The van der Waals surface area contributed by atoms with E-state index >= 15 is 0 Å². The van der Waals surface area contributed by atoms with E-state index in [1.165, 1.54) is 11.3 Å². The lowest BCUT2D eigenvalue weighted by Crippen LogP contribution is -2.08. The standard InChI is InChI=1S/C23H17N3O2S/c24-13-5-14-26-16-20(22(25-26)21-8-4-15-29-21)23(27)28-19-11-9-18(10-12-19)17-6-2-1-3-7-17/h1-4,6-12,15-16H,5,14H2. The predicted octanol–water partition coefficient (Wildman–Crippen LogP) is 5.41. The van der Waals surface area contributed by atoms with Crippen molar-refractivity contribution in [1.29, 1.82) is 5.26 Å². The fourth-order valence-electron chi connectivity index (χ4n) is 2.95. The van der Waals surface area contributed by atoms with Gasteiger partial charge in [-0.3, -0.25) is 4.68 Å². The number of aromatic nitrogens is 2. The lowest BCUT2D eigenvalue weighted by molar-refractivity contribution is 0.0735. The Kier molecular flexibility index (Phi) is 5.50. The Morgan fingerprint density at radius 1 is 1.03 bits per heavy atom. The van der Waals surface area contributed by atoms with E-state index < -0.39 is 5.97 Å². The van der Waals surface area contributed by atoms with Crippen LogP contribution in [0.25, 0.3) is 21.7 Å². The molecule has 0 saturated heterocycles. The highest BCUT2D eigenvalue weighted by Crippen LogP contribution is 2.28. The molecule has 2 aromatic carbocycles. The summed E-state index contributed by atoms with van der Waals surface area (Å²) in [6.07, 6.45) is 1.97. The summed E-state index contributed by atoms with van der Waals surface area (Å²) in [5.74, 6) is 0.000606. The minimum atomic E-state index is -0.468. The average Bonchev–Trinajstić information content (AvgIpc) is 3.43. The van der Waals surface area contributed by atoms with Gasteiger partial charge in [0.25, 0.3) is 0 Å². The van der Waals surface area contributed by atoms with Crippen molar-refractivity contribution < 1.29 is 9.53 Å². The molecule has 0 aliphatic heterocycles. The molecule has 0 N–H and O–H groups in total. The topological polar surface area (TPSA) is 67.9 Å². The number of rotatable bonds is 6. The molecule has 29 heavy (non-hydrogen) atoms. The zero-order chi connectivity index (χ0) is 20.1. The molecule has 0 aliphatic rings. The molecular weight excluding hydrogens is 382 g/mol. The van der Waals surface area contributed by atoms with Crippen molar-refractivity contribution in [2.24, 2.45) is 0 Å². The number of esters is 1. The SMILES string of the molecule is N#CCCn1cc(C(=O)Oc2ccc(-c3ccccc3)cc2)c(-c2cccs2)n1. The fraction of sp³-hybridized carbons (Fsp3) is 0.0870. The summed E-state index contributed by atoms with van der Waals surface area (Å²) in [7, 11) is 0. The van der Waals surface area contributed by atoms with Gasteiger partial charge in [0.15, 0.2) is 0 Å². The van der Waals surface area contributed by atoms with Crippen molar-refractivity contribution in [3.05, 3.63) is 83.9 Å². The number of benzene rings is 2. The molecule has 0 radical (unpaired) electrons. The first-order chi connectivity index (χ1) is 14.2. The monoisotopic (exact) mass is 399 g/mol. The number of hydrogen-bond acceptors (Lipinski definition) is 5. The third-order valence-corrected chi connectivity index (χ3v) is 5.24. The Balaban J connectivity index is 1.56. The first-order valence-corrected chi connectivity index (χ1v) is 9.98. The van der Waals surface area contributed by atoms with Gasteiger partial charge in [-0.05, 0) is 34.7 Å². The minimum absolute atomic E-state index is 0.320. The van der Waals surface area contributed by atoms with Crippen molar-refractivity contribution >= 4 is 17.3 Å². The predicted molar refractivity (Wildman–Crippen MR) is 113 cm³/mol. The maximum atomic E-state index is 12.8. The molecule has 0 spiro atoms. The Labute approximate surface area is 172 Å². The highest BCUT2D eigenvalue weighted by Gasteiger charge is 2.20. The summed E-state index contributed by atoms with van der Waals surface area (Å²) in [6.45, 7) is 0.425. The first-order valence-electron chi connectivity index (χ1n) is 9.10. The van der Waals surface area contributed by atoms with Gasteiger partial charge in [0.1, 0.15) is 17.0 Å². The molecular formula is C23H17N3O2S. The minimum Gasteiger partial charge on any atom is -0.423 e. The number of nitriles is 1. The molecule has 0 atom stereocenters. The Bertz CT molecular complexity index is 1140. The maximum Gasteiger partial charge on any atom is 0.347 e. The molecule has 0 unspecified atom stereocenters. The van der Waals surface area contributed by atoms with Crippen LogP contribution >= 0.6 is 11.3 Å². The second kappa shape index (κ2) is 8.55. The smallest absolute Gasteiger partial charge is 0.347 e. The normalized spacial score (nSPS) is 10.4. The molecule has 2 aromatic heterocycles. The molecule has 142 valence electrons. The zero-order valence-corrected chi connectivity index (χ0v) is 16.3. The van der Waals surface area contributed by atoms with E-state index in [2.05, 4.69) is 11.2 Å². The van der Waals surface area contributed by atoms with Crippen LogP contribution < -0.4 is 4.74 Å². The van der Waals surface area contributed by atoms with Gasteiger partial charge in [-0.2, -0.15) is 10.4 Å². The van der Waals surface area contributed by atoms with Crippen LogP contribution in [0.1, 0.15) is 16.8 Å². The molecule has 0 bridgehead atoms.